The zero-order chi connectivity index (χ0) is 22.2. The van der Waals surface area contributed by atoms with Crippen LogP contribution in [-0.4, -0.2) is 64.3 Å². The Morgan fingerprint density at radius 3 is 2.31 bits per heavy atom. The molecule has 16 nitrogen and oxygen atoms in total. The van der Waals surface area contributed by atoms with E-state index in [1.807, 2.05) is 0 Å². The Bertz CT molecular complexity index is 951. The summed E-state index contributed by atoms with van der Waals surface area (Å²) in [7, 11) is -16.6. The molecule has 1 saturated heterocycles. The van der Waals surface area contributed by atoms with Crippen LogP contribution in [0.15, 0.2) is 12.3 Å². The number of aliphatic hydroxyl groups excluding tert-OH is 2. The van der Waals surface area contributed by atoms with Crippen LogP contribution in [0.1, 0.15) is 6.23 Å². The number of nitrogens with two attached hydrogens (primary N) is 1. The maximum atomic E-state index is 11.7. The van der Waals surface area contributed by atoms with Crippen molar-refractivity contribution in [2.45, 2.75) is 24.5 Å². The van der Waals surface area contributed by atoms with Crippen LogP contribution in [0.25, 0.3) is 0 Å². The predicted molar refractivity (Wildman–Crippen MR) is 93.2 cm³/mol. The minimum absolute atomic E-state index is 0.0866. The fraction of sp³-hybridized carbons (Fsp3) is 0.556. The molecule has 3 unspecified atom stereocenters. The molecule has 0 amide bonds. The number of hydrogen-bond donors (Lipinski definition) is 7. The number of aliphatic hydroxyl groups is 2. The third-order valence-corrected chi connectivity index (χ3v) is 7.39. The first-order valence-electron chi connectivity index (χ1n) is 7.25. The van der Waals surface area contributed by atoms with Crippen molar-refractivity contribution in [3.8, 4) is 0 Å². The fourth-order valence-electron chi connectivity index (χ4n) is 2.19. The molecule has 1 aromatic heterocycles. The number of aromatic nitrogens is 2. The molecule has 29 heavy (non-hydrogen) atoms. The van der Waals surface area contributed by atoms with Crippen LogP contribution in [0.2, 0.25) is 0 Å². The van der Waals surface area contributed by atoms with Gasteiger partial charge in [-0.1, -0.05) is 0 Å². The van der Waals surface area contributed by atoms with Gasteiger partial charge in [-0.25, -0.2) is 18.7 Å². The van der Waals surface area contributed by atoms with E-state index < -0.39 is 54.6 Å². The maximum Gasteiger partial charge on any atom is 0.490 e. The Kier molecular flexibility index (Phi) is 7.54. The molecule has 2 heterocycles. The summed E-state index contributed by atoms with van der Waals surface area (Å²) in [6, 6.07) is 1.33. The van der Waals surface area contributed by atoms with Crippen LogP contribution in [-0.2, 0) is 31.6 Å². The van der Waals surface area contributed by atoms with Gasteiger partial charge in [0.15, 0.2) is 6.23 Å². The number of ether oxygens (including phenoxy) is 1. The van der Waals surface area contributed by atoms with E-state index in [1.165, 1.54) is 12.3 Å². The fourth-order valence-corrected chi connectivity index (χ4v) is 5.49. The van der Waals surface area contributed by atoms with E-state index in [9.17, 15) is 28.8 Å². The van der Waals surface area contributed by atoms with Gasteiger partial charge in [-0.2, -0.15) is 8.62 Å². The highest BCUT2D eigenvalue weighted by molar-refractivity contribution is 7.71. The van der Waals surface area contributed by atoms with Crippen LogP contribution >= 0.6 is 35.7 Å². The minimum atomic E-state index is -5.69. The van der Waals surface area contributed by atoms with Gasteiger partial charge in [0.25, 0.3) is 0 Å². The summed E-state index contributed by atoms with van der Waals surface area (Å²) in [6.45, 7) is -0.950. The molecule has 0 bridgehead atoms. The van der Waals surface area contributed by atoms with E-state index >= 15 is 0 Å². The first-order chi connectivity index (χ1) is 13.1. The molecule has 0 radical (unpaired) electrons. The molecular formula is C9H16N3O13P3S. The third-order valence-electron chi connectivity index (χ3n) is 3.28. The summed E-state index contributed by atoms with van der Waals surface area (Å²) in [6.07, 6.45) is -4.65. The van der Waals surface area contributed by atoms with Gasteiger partial charge in [0.1, 0.15) is 24.1 Å². The number of nitrogens with zero attached hydrogens (tertiary/aromatic N) is 2. The van der Waals surface area contributed by atoms with Crippen molar-refractivity contribution in [3.63, 3.8) is 0 Å². The van der Waals surface area contributed by atoms with E-state index in [0.29, 0.717) is 0 Å². The van der Waals surface area contributed by atoms with Gasteiger partial charge in [0, 0.05) is 6.20 Å². The predicted octanol–water partition coefficient (Wildman–Crippen LogP) is -0.843. The quantitative estimate of drug-likeness (QED) is 0.170. The molecule has 8 N–H and O–H groups in total. The highest BCUT2D eigenvalue weighted by atomic mass is 32.1. The summed E-state index contributed by atoms with van der Waals surface area (Å²) in [4.78, 5) is 39.2. The zero-order valence-corrected chi connectivity index (χ0v) is 17.4. The Labute approximate surface area is 166 Å². The summed E-state index contributed by atoms with van der Waals surface area (Å²) in [5, 5.41) is 20.1. The number of phosphoric acid groups is 3. The molecule has 20 heteroatoms. The lowest BCUT2D eigenvalue weighted by Crippen LogP contribution is -2.33. The standard InChI is InChI=1S/C9H16N3O13P3S/c10-5-1-2-12(9(29)11-5)8-7(14)6(13)4(23-8)3-22-27(18,19)25-28(20,21)24-26(15,16)17/h1-2,4,6-8,13-14H,3H2,(H,18,19)(H,20,21)(H2,10,11,29)(H2,15,16,17)/t4-,6+,7?,8-/m1/s1. The molecule has 1 fully saturated rings. The number of anilines is 1. The number of hydrogen-bond acceptors (Lipinski definition) is 12. The van der Waals surface area contributed by atoms with Crippen molar-refractivity contribution < 1.29 is 61.4 Å². The Morgan fingerprint density at radius 2 is 1.76 bits per heavy atom. The normalized spacial score (nSPS) is 29.3. The van der Waals surface area contributed by atoms with Crippen molar-refractivity contribution in [1.29, 1.82) is 0 Å². The van der Waals surface area contributed by atoms with Gasteiger partial charge < -0.3 is 40.3 Å². The molecule has 0 aliphatic carbocycles. The second-order valence-corrected chi connectivity index (χ2v) is 10.3. The second-order valence-electron chi connectivity index (χ2n) is 5.48. The smallest absolute Gasteiger partial charge is 0.387 e. The van der Waals surface area contributed by atoms with E-state index in [2.05, 4.69) is 18.1 Å². The summed E-state index contributed by atoms with van der Waals surface area (Å²) in [5.41, 5.74) is 5.46. The van der Waals surface area contributed by atoms with Crippen LogP contribution < -0.4 is 5.73 Å². The molecule has 0 spiro atoms. The van der Waals surface area contributed by atoms with Crippen molar-refractivity contribution in [3.05, 3.63) is 17.0 Å². The van der Waals surface area contributed by atoms with Crippen molar-refractivity contribution in [1.82, 2.24) is 9.55 Å². The van der Waals surface area contributed by atoms with Gasteiger partial charge in [-0.05, 0) is 18.3 Å². The van der Waals surface area contributed by atoms with E-state index in [-0.39, 0.29) is 10.6 Å². The molecule has 0 aromatic carbocycles. The van der Waals surface area contributed by atoms with Crippen molar-refractivity contribution in [2.24, 2.45) is 0 Å². The largest absolute Gasteiger partial charge is 0.490 e. The first kappa shape index (κ1) is 24.7. The van der Waals surface area contributed by atoms with Crippen molar-refractivity contribution in [2.75, 3.05) is 12.3 Å². The molecule has 1 aliphatic rings. The van der Waals surface area contributed by atoms with Gasteiger partial charge in [0.2, 0.25) is 4.77 Å². The first-order valence-corrected chi connectivity index (χ1v) is 12.2. The van der Waals surface area contributed by atoms with Gasteiger partial charge in [-0.15, -0.1) is 0 Å². The average molecular weight is 499 g/mol. The second kappa shape index (κ2) is 8.86. The lowest BCUT2D eigenvalue weighted by atomic mass is 10.1. The zero-order valence-electron chi connectivity index (χ0n) is 13.9. The van der Waals surface area contributed by atoms with Crippen molar-refractivity contribution >= 4 is 41.5 Å². The summed E-state index contributed by atoms with van der Waals surface area (Å²) < 4.78 is 51.4. The average Bonchev–Trinajstić information content (AvgIpc) is 2.78. The SMILES string of the molecule is Nc1ccn([C@@H]2O[C@H](COP(=O)(O)OP(=O)(O)OP(=O)(O)O)[C@H](O)C2O)c(=S)n1. The van der Waals surface area contributed by atoms with Crippen LogP contribution in [0.3, 0.4) is 0 Å². The number of rotatable bonds is 8. The Morgan fingerprint density at radius 1 is 1.14 bits per heavy atom. The highest BCUT2D eigenvalue weighted by Crippen LogP contribution is 2.66. The molecule has 6 atom stereocenters. The molecule has 1 aromatic rings. The van der Waals surface area contributed by atoms with Crippen LogP contribution in [0, 0.1) is 4.77 Å². The lowest BCUT2D eigenvalue weighted by molar-refractivity contribution is -0.0532. The summed E-state index contributed by atoms with van der Waals surface area (Å²) in [5.74, 6) is 0.0866. The van der Waals surface area contributed by atoms with E-state index in [0.717, 1.165) is 4.57 Å². The molecule has 166 valence electrons. The van der Waals surface area contributed by atoms with E-state index in [4.69, 9.17) is 37.4 Å². The van der Waals surface area contributed by atoms with E-state index in [1.54, 1.807) is 0 Å². The third kappa shape index (κ3) is 6.95. The highest BCUT2D eigenvalue weighted by Gasteiger charge is 2.46. The molecule has 1 aliphatic heterocycles. The van der Waals surface area contributed by atoms with Gasteiger partial charge in [0.05, 0.1) is 6.61 Å². The molecule has 0 saturated carbocycles. The molecule has 2 rings (SSSR count). The monoisotopic (exact) mass is 499 g/mol. The van der Waals surface area contributed by atoms with Gasteiger partial charge in [-0.3, -0.25) is 9.09 Å². The molecular weight excluding hydrogens is 483 g/mol. The number of phosphoric ester groups is 1. The van der Waals surface area contributed by atoms with Crippen LogP contribution in [0.5, 0.6) is 0 Å². The minimum Gasteiger partial charge on any atom is -0.387 e. The Balaban J connectivity index is 2.05. The van der Waals surface area contributed by atoms with Crippen LogP contribution in [0.4, 0.5) is 5.82 Å². The number of nitrogen functional groups attached to an aromatic ring is 1. The maximum absolute atomic E-state index is 11.7. The lowest BCUT2D eigenvalue weighted by Gasteiger charge is -2.19. The Hall–Kier alpha value is -0.610. The summed E-state index contributed by atoms with van der Waals surface area (Å²) >= 11 is 4.96. The van der Waals surface area contributed by atoms with Gasteiger partial charge >= 0.3 is 23.5 Å². The topological polar surface area (TPSA) is 253 Å².